The Morgan fingerprint density at radius 2 is 1.78 bits per heavy atom. The number of hydrogen-bond donors (Lipinski definition) is 0. The third-order valence-electron chi connectivity index (χ3n) is 4.31. The molecular weight excluding hydrogens is 300 g/mol. The lowest BCUT2D eigenvalue weighted by atomic mass is 9.82. The fraction of sp³-hybridized carbons (Fsp3) is 0.353. The van der Waals surface area contributed by atoms with Crippen LogP contribution >= 0.6 is 0 Å². The van der Waals surface area contributed by atoms with Crippen LogP contribution in [0.5, 0.6) is 0 Å². The molecule has 1 aromatic rings. The molecule has 1 fully saturated rings. The molecular formula is C17H16O6. The number of Topliss-reactive ketones (excluding diaryl/α,β-unsaturated/α-hetero) is 1. The van der Waals surface area contributed by atoms with Crippen molar-refractivity contribution in [1.82, 2.24) is 0 Å². The van der Waals surface area contributed by atoms with Gasteiger partial charge in [-0.2, -0.15) is 0 Å². The molecule has 0 amide bonds. The van der Waals surface area contributed by atoms with E-state index in [-0.39, 0.29) is 29.8 Å². The van der Waals surface area contributed by atoms with Crippen molar-refractivity contribution in [3.63, 3.8) is 0 Å². The normalized spacial score (nSPS) is 26.2. The van der Waals surface area contributed by atoms with E-state index in [1.54, 1.807) is 12.1 Å². The Kier molecular flexibility index (Phi) is 3.77. The van der Waals surface area contributed by atoms with Crippen molar-refractivity contribution in [2.75, 3.05) is 14.2 Å². The smallest absolute Gasteiger partial charge is 0.337 e. The Balaban J connectivity index is 2.27. The summed E-state index contributed by atoms with van der Waals surface area (Å²) in [6.45, 7) is 0. The molecule has 6 nitrogen and oxygen atoms in total. The number of methoxy groups -OCH3 is 2. The van der Waals surface area contributed by atoms with E-state index in [1.807, 2.05) is 18.2 Å². The number of fused-ring (bicyclic) bond motifs is 2. The Hall–Kier alpha value is -2.47. The second kappa shape index (κ2) is 5.62. The summed E-state index contributed by atoms with van der Waals surface area (Å²) in [6, 6.07) is 9.06. The van der Waals surface area contributed by atoms with Crippen LogP contribution in [-0.2, 0) is 34.2 Å². The number of ketones is 1. The third kappa shape index (κ3) is 2.17. The third-order valence-corrected chi connectivity index (χ3v) is 4.31. The minimum absolute atomic E-state index is 0.0503. The van der Waals surface area contributed by atoms with Gasteiger partial charge in [0.1, 0.15) is 5.60 Å². The fourth-order valence-corrected chi connectivity index (χ4v) is 3.27. The zero-order valence-electron chi connectivity index (χ0n) is 12.8. The number of carbonyl (C=O) groups excluding carboxylic acids is 3. The molecule has 0 radical (unpaired) electrons. The summed E-state index contributed by atoms with van der Waals surface area (Å²) in [5.41, 5.74) is -0.437. The molecule has 0 saturated carbocycles. The molecule has 1 aromatic carbocycles. The number of carbonyl (C=O) groups is 3. The van der Waals surface area contributed by atoms with Gasteiger partial charge in [-0.3, -0.25) is 4.79 Å². The fourth-order valence-electron chi connectivity index (χ4n) is 3.27. The van der Waals surface area contributed by atoms with E-state index >= 15 is 0 Å². The van der Waals surface area contributed by atoms with Gasteiger partial charge in [0.15, 0.2) is 11.9 Å². The lowest BCUT2D eigenvalue weighted by Gasteiger charge is -2.35. The monoisotopic (exact) mass is 316 g/mol. The minimum Gasteiger partial charge on any atom is -0.466 e. The van der Waals surface area contributed by atoms with Crippen molar-refractivity contribution in [2.45, 2.75) is 24.5 Å². The summed E-state index contributed by atoms with van der Waals surface area (Å²) in [6.07, 6.45) is -0.608. The summed E-state index contributed by atoms with van der Waals surface area (Å²) < 4.78 is 15.5. The molecule has 0 spiro atoms. The quantitative estimate of drug-likeness (QED) is 0.782. The maximum atomic E-state index is 12.4. The molecule has 2 aliphatic heterocycles. The highest BCUT2D eigenvalue weighted by molar-refractivity contribution is 6.09. The van der Waals surface area contributed by atoms with E-state index in [0.29, 0.717) is 5.56 Å². The number of rotatable bonds is 3. The molecule has 23 heavy (non-hydrogen) atoms. The van der Waals surface area contributed by atoms with E-state index in [4.69, 9.17) is 14.2 Å². The van der Waals surface area contributed by atoms with Crippen LogP contribution < -0.4 is 0 Å². The number of ether oxygens (including phenoxy) is 3. The summed E-state index contributed by atoms with van der Waals surface area (Å²) >= 11 is 0. The van der Waals surface area contributed by atoms with E-state index in [9.17, 15) is 14.4 Å². The molecule has 2 heterocycles. The van der Waals surface area contributed by atoms with E-state index < -0.39 is 23.6 Å². The van der Waals surface area contributed by atoms with Gasteiger partial charge in [-0.05, 0) is 12.0 Å². The molecule has 1 saturated heterocycles. The molecule has 3 rings (SSSR count). The van der Waals surface area contributed by atoms with Crippen LogP contribution in [0.25, 0.3) is 0 Å². The number of hydrogen-bond acceptors (Lipinski definition) is 6. The van der Waals surface area contributed by atoms with Crippen molar-refractivity contribution < 1.29 is 28.6 Å². The second-order valence-corrected chi connectivity index (χ2v) is 5.43. The maximum absolute atomic E-state index is 12.4. The average Bonchev–Trinajstić information content (AvgIpc) is 2.89. The Morgan fingerprint density at radius 3 is 2.39 bits per heavy atom. The first-order valence-electron chi connectivity index (χ1n) is 7.22. The van der Waals surface area contributed by atoms with Gasteiger partial charge in [0.05, 0.1) is 25.4 Å². The summed E-state index contributed by atoms with van der Waals surface area (Å²) in [5.74, 6) is -1.68. The maximum Gasteiger partial charge on any atom is 0.337 e. The first-order chi connectivity index (χ1) is 11.0. The van der Waals surface area contributed by atoms with Crippen LogP contribution in [0.15, 0.2) is 41.5 Å². The van der Waals surface area contributed by atoms with Gasteiger partial charge in [-0.1, -0.05) is 30.3 Å². The van der Waals surface area contributed by atoms with Gasteiger partial charge >= 0.3 is 11.9 Å². The molecule has 2 aliphatic rings. The first-order valence-corrected chi connectivity index (χ1v) is 7.22. The first kappa shape index (κ1) is 15.4. The topological polar surface area (TPSA) is 78.9 Å². The van der Waals surface area contributed by atoms with Crippen molar-refractivity contribution in [3.8, 4) is 0 Å². The standard InChI is InChI=1S/C17H16O6/c1-21-15(19)12-13(16(20)22-2)17(10-6-4-3-5-7-10)9-8-11(18)14(12)23-17/h3-7,14H,8-9H2,1-2H3. The lowest BCUT2D eigenvalue weighted by Crippen LogP contribution is -2.40. The van der Waals surface area contributed by atoms with E-state index in [2.05, 4.69) is 0 Å². The van der Waals surface area contributed by atoms with Crippen LogP contribution in [0.4, 0.5) is 0 Å². The highest BCUT2D eigenvalue weighted by Crippen LogP contribution is 2.51. The molecule has 0 N–H and O–H groups in total. The predicted molar refractivity (Wildman–Crippen MR) is 78.3 cm³/mol. The number of benzene rings is 1. The largest absolute Gasteiger partial charge is 0.466 e. The van der Waals surface area contributed by atoms with E-state index in [1.165, 1.54) is 14.2 Å². The van der Waals surface area contributed by atoms with Gasteiger partial charge in [0.2, 0.25) is 0 Å². The zero-order chi connectivity index (χ0) is 16.6. The van der Waals surface area contributed by atoms with Crippen LogP contribution in [0, 0.1) is 0 Å². The van der Waals surface area contributed by atoms with Crippen LogP contribution in [0.2, 0.25) is 0 Å². The minimum atomic E-state index is -1.16. The summed E-state index contributed by atoms with van der Waals surface area (Å²) in [5, 5.41) is 0. The van der Waals surface area contributed by atoms with Crippen LogP contribution in [0.1, 0.15) is 18.4 Å². The highest BCUT2D eigenvalue weighted by Gasteiger charge is 2.58. The average molecular weight is 316 g/mol. The highest BCUT2D eigenvalue weighted by atomic mass is 16.6. The molecule has 2 bridgehead atoms. The number of esters is 2. The zero-order valence-corrected chi connectivity index (χ0v) is 12.8. The van der Waals surface area contributed by atoms with E-state index in [0.717, 1.165) is 0 Å². The Bertz CT molecular complexity index is 705. The molecule has 2 unspecified atom stereocenters. The Labute approximate surface area is 133 Å². The van der Waals surface area contributed by atoms with Gasteiger partial charge in [-0.15, -0.1) is 0 Å². The lowest BCUT2D eigenvalue weighted by molar-refractivity contribution is -0.152. The van der Waals surface area contributed by atoms with Crippen LogP contribution in [0.3, 0.4) is 0 Å². The molecule has 0 aromatic heterocycles. The van der Waals surface area contributed by atoms with Crippen molar-refractivity contribution in [3.05, 3.63) is 47.0 Å². The second-order valence-electron chi connectivity index (χ2n) is 5.43. The van der Waals surface area contributed by atoms with Gasteiger partial charge < -0.3 is 14.2 Å². The van der Waals surface area contributed by atoms with Crippen molar-refractivity contribution >= 4 is 17.7 Å². The summed E-state index contributed by atoms with van der Waals surface area (Å²) in [4.78, 5) is 36.8. The van der Waals surface area contributed by atoms with Gasteiger partial charge in [-0.25, -0.2) is 9.59 Å². The predicted octanol–water partition coefficient (Wildman–Crippen LogP) is 1.29. The molecule has 0 aliphatic carbocycles. The van der Waals surface area contributed by atoms with Crippen molar-refractivity contribution in [1.29, 1.82) is 0 Å². The molecule has 120 valence electrons. The van der Waals surface area contributed by atoms with Crippen LogP contribution in [-0.4, -0.2) is 38.0 Å². The van der Waals surface area contributed by atoms with Gasteiger partial charge in [0, 0.05) is 6.42 Å². The summed E-state index contributed by atoms with van der Waals surface area (Å²) in [7, 11) is 2.43. The SMILES string of the molecule is COC(=O)C1=C(C(=O)OC)C2(c3ccccc3)CCC(=O)C1O2. The van der Waals surface area contributed by atoms with Gasteiger partial charge in [0.25, 0.3) is 0 Å². The Morgan fingerprint density at radius 1 is 1.13 bits per heavy atom. The molecule has 6 heteroatoms. The molecule has 2 atom stereocenters. The van der Waals surface area contributed by atoms with Crippen molar-refractivity contribution in [2.24, 2.45) is 0 Å².